The van der Waals surface area contributed by atoms with E-state index in [1.807, 2.05) is 18.2 Å². The second kappa shape index (κ2) is 19.0. The predicted molar refractivity (Wildman–Crippen MR) is 247 cm³/mol. The zero-order valence-corrected chi connectivity index (χ0v) is 38.9. The molecule has 0 aliphatic heterocycles. The van der Waals surface area contributed by atoms with Crippen LogP contribution in [0.2, 0.25) is 0 Å². The largest absolute Gasteiger partial charge is 0.460 e. The Hall–Kier alpha value is -3.99. The minimum atomic E-state index is -0.318. The van der Waals surface area contributed by atoms with E-state index in [-0.39, 0.29) is 59.9 Å². The van der Waals surface area contributed by atoms with Gasteiger partial charge in [0.2, 0.25) is 5.91 Å². The van der Waals surface area contributed by atoms with Crippen molar-refractivity contribution in [3.05, 3.63) is 53.9 Å². The van der Waals surface area contributed by atoms with Crippen LogP contribution in [-0.4, -0.2) is 53.0 Å². The molecule has 3 aromatic rings. The lowest BCUT2D eigenvalue weighted by Crippen LogP contribution is -2.52. The van der Waals surface area contributed by atoms with E-state index in [0.29, 0.717) is 16.9 Å². The number of hydrogen-bond acceptors (Lipinski definition) is 9. The molecule has 3 N–H and O–H groups in total. The fraction of sp³-hybridized carbons (Fsp3) is 0.667. The number of carbonyl (C=O) groups excluding carboxylic acids is 3. The van der Waals surface area contributed by atoms with Crippen LogP contribution >= 0.6 is 11.3 Å². The first-order valence-electron chi connectivity index (χ1n) is 24.0. The molecule has 10 nitrogen and oxygen atoms in total. The monoisotopic (exact) mass is 866 g/mol. The second-order valence-corrected chi connectivity index (χ2v) is 21.6. The summed E-state index contributed by atoms with van der Waals surface area (Å²) >= 11 is 1.52. The maximum Gasteiger partial charge on any atom is 0.306 e. The standard InChI is InChI=1S/C51H71N5O5S/c1-31(2)10-9-11-32(3)38-17-18-39-37-16-14-33-28-34(22-25-50(33,4)40(37)23-26-51(38,39)5)54-46(57)20-21-47(58)61-44-13-8-7-12-41(44)55-49-56-42-19-15-35(30-45(42)62-49)60-36-24-27-53-43(29-36)48(59)52-6/h14-15,19,24,27,29-32,34,37-41,44H,7-13,16-18,20-23,25-26,28H2,1-6H3,(H,52,59)(H,54,57)(H,55,56)/t32-,34+,37?,38-,39?,40?,41+,44+,50+,51-/m1/s1. The summed E-state index contributed by atoms with van der Waals surface area (Å²) in [4.78, 5) is 47.5. The number of amides is 2. The van der Waals surface area contributed by atoms with Gasteiger partial charge < -0.3 is 25.4 Å². The van der Waals surface area contributed by atoms with Gasteiger partial charge in [-0.1, -0.05) is 83.3 Å². The molecule has 0 spiro atoms. The highest BCUT2D eigenvalue weighted by atomic mass is 32.1. The highest BCUT2D eigenvalue weighted by Gasteiger charge is 2.59. The van der Waals surface area contributed by atoms with Gasteiger partial charge in [-0.15, -0.1) is 0 Å². The van der Waals surface area contributed by atoms with Gasteiger partial charge in [-0.05, 0) is 135 Å². The minimum absolute atomic E-state index is 0.0512. The van der Waals surface area contributed by atoms with E-state index >= 15 is 0 Å². The topological polar surface area (TPSA) is 132 Å². The molecule has 5 aliphatic carbocycles. The first kappa shape index (κ1) is 44.6. The summed E-state index contributed by atoms with van der Waals surface area (Å²) in [5, 5.41) is 10.2. The maximum absolute atomic E-state index is 13.3. The van der Waals surface area contributed by atoms with Crippen LogP contribution in [0.5, 0.6) is 11.5 Å². The lowest BCUT2D eigenvalue weighted by Gasteiger charge is -2.58. The van der Waals surface area contributed by atoms with Crippen molar-refractivity contribution in [2.45, 2.75) is 162 Å². The van der Waals surface area contributed by atoms with Crippen molar-refractivity contribution in [3.63, 3.8) is 0 Å². The Morgan fingerprint density at radius 3 is 2.56 bits per heavy atom. The number of fused-ring (bicyclic) bond motifs is 6. The van der Waals surface area contributed by atoms with Gasteiger partial charge in [-0.2, -0.15) is 0 Å². The molecule has 2 heterocycles. The number of rotatable bonds is 15. The summed E-state index contributed by atoms with van der Waals surface area (Å²) in [5.41, 5.74) is 3.43. The number of carbonyl (C=O) groups is 3. The molecular formula is C51H71N5O5S. The van der Waals surface area contributed by atoms with Crippen LogP contribution in [0.25, 0.3) is 10.2 Å². The number of hydrogen-bond donors (Lipinski definition) is 3. The van der Waals surface area contributed by atoms with E-state index in [1.54, 1.807) is 31.0 Å². The van der Waals surface area contributed by atoms with Gasteiger partial charge in [0.1, 0.15) is 23.3 Å². The molecule has 1 aromatic carbocycles. The molecule has 62 heavy (non-hydrogen) atoms. The number of aromatic nitrogens is 2. The predicted octanol–water partition coefficient (Wildman–Crippen LogP) is 11.4. The summed E-state index contributed by atoms with van der Waals surface area (Å²) < 4.78 is 13.1. The Morgan fingerprint density at radius 1 is 0.919 bits per heavy atom. The third-order valence-corrected chi connectivity index (χ3v) is 17.3. The number of nitrogens with one attached hydrogen (secondary N) is 3. The first-order valence-corrected chi connectivity index (χ1v) is 24.9. The lowest BCUT2D eigenvalue weighted by molar-refractivity contribution is -0.152. The van der Waals surface area contributed by atoms with Crippen molar-refractivity contribution in [1.82, 2.24) is 20.6 Å². The molecule has 4 saturated carbocycles. The van der Waals surface area contributed by atoms with Crippen molar-refractivity contribution in [2.75, 3.05) is 12.4 Å². The lowest BCUT2D eigenvalue weighted by atomic mass is 9.47. The van der Waals surface area contributed by atoms with E-state index in [0.717, 1.165) is 95.8 Å². The van der Waals surface area contributed by atoms with Gasteiger partial charge in [0, 0.05) is 37.8 Å². The maximum atomic E-state index is 13.3. The fourth-order valence-corrected chi connectivity index (χ4v) is 14.0. The third-order valence-electron chi connectivity index (χ3n) is 16.3. The van der Waals surface area contributed by atoms with Crippen LogP contribution < -0.4 is 20.7 Å². The number of anilines is 1. The summed E-state index contributed by atoms with van der Waals surface area (Å²) in [5.74, 6) is 5.40. The molecule has 0 bridgehead atoms. The normalized spacial score (nSPS) is 31.0. The van der Waals surface area contributed by atoms with E-state index in [2.05, 4.69) is 61.6 Å². The van der Waals surface area contributed by atoms with Crippen molar-refractivity contribution in [1.29, 1.82) is 0 Å². The molecule has 11 heteroatoms. The van der Waals surface area contributed by atoms with Crippen LogP contribution in [-0.2, 0) is 14.3 Å². The van der Waals surface area contributed by atoms with E-state index in [4.69, 9.17) is 14.5 Å². The van der Waals surface area contributed by atoms with Gasteiger partial charge in [0.25, 0.3) is 5.91 Å². The Morgan fingerprint density at radius 2 is 1.74 bits per heavy atom. The summed E-state index contributed by atoms with van der Waals surface area (Å²) in [6, 6.07) is 9.09. The molecule has 4 fully saturated rings. The average molecular weight is 866 g/mol. The van der Waals surface area contributed by atoms with Gasteiger partial charge in [-0.3, -0.25) is 19.4 Å². The van der Waals surface area contributed by atoms with E-state index in [1.165, 1.54) is 62.7 Å². The van der Waals surface area contributed by atoms with Crippen LogP contribution in [0.1, 0.15) is 154 Å². The van der Waals surface area contributed by atoms with Gasteiger partial charge in [0.15, 0.2) is 5.13 Å². The van der Waals surface area contributed by atoms with Crippen LogP contribution in [0.15, 0.2) is 48.2 Å². The van der Waals surface area contributed by atoms with Crippen molar-refractivity contribution in [2.24, 2.45) is 46.3 Å². The number of benzene rings is 1. The minimum Gasteiger partial charge on any atom is -0.460 e. The molecule has 0 saturated heterocycles. The quantitative estimate of drug-likeness (QED) is 0.102. The number of allylic oxidation sites excluding steroid dienone is 1. The zero-order valence-electron chi connectivity index (χ0n) is 38.1. The molecule has 5 aliphatic rings. The molecule has 2 aromatic heterocycles. The van der Waals surface area contributed by atoms with Crippen molar-refractivity contribution < 1.29 is 23.9 Å². The van der Waals surface area contributed by atoms with E-state index in [9.17, 15) is 14.4 Å². The van der Waals surface area contributed by atoms with E-state index < -0.39 is 0 Å². The summed E-state index contributed by atoms with van der Waals surface area (Å²) in [6.45, 7) is 12.5. The van der Waals surface area contributed by atoms with Crippen molar-refractivity contribution >= 4 is 44.5 Å². The third kappa shape index (κ3) is 9.58. The summed E-state index contributed by atoms with van der Waals surface area (Å²) in [7, 11) is 1.57. The van der Waals surface area contributed by atoms with Gasteiger partial charge in [0.05, 0.1) is 22.7 Å². The Balaban J connectivity index is 0.803. The molecule has 2 amide bonds. The van der Waals surface area contributed by atoms with Gasteiger partial charge in [-0.25, -0.2) is 4.98 Å². The fourth-order valence-electron chi connectivity index (χ4n) is 13.0. The zero-order chi connectivity index (χ0) is 43.6. The van der Waals surface area contributed by atoms with Gasteiger partial charge >= 0.3 is 5.97 Å². The average Bonchev–Trinajstić information content (AvgIpc) is 3.83. The molecule has 8 rings (SSSR count). The molecule has 0 radical (unpaired) electrons. The smallest absolute Gasteiger partial charge is 0.306 e. The highest BCUT2D eigenvalue weighted by molar-refractivity contribution is 7.22. The first-order chi connectivity index (χ1) is 29.8. The number of pyridine rings is 1. The van der Waals surface area contributed by atoms with Crippen molar-refractivity contribution in [3.8, 4) is 11.5 Å². The molecule has 3 unspecified atom stereocenters. The summed E-state index contributed by atoms with van der Waals surface area (Å²) in [6.07, 6.45) is 21.7. The van der Waals surface area contributed by atoms with Crippen LogP contribution in [0.4, 0.5) is 5.13 Å². The highest BCUT2D eigenvalue weighted by Crippen LogP contribution is 2.67. The Bertz CT molecular complexity index is 2120. The number of ether oxygens (including phenoxy) is 2. The second-order valence-electron chi connectivity index (χ2n) is 20.6. The number of esters is 1. The number of thiazole rings is 1. The Labute approximate surface area is 373 Å². The Kier molecular flexibility index (Phi) is 13.7. The molecular weight excluding hydrogens is 795 g/mol. The van der Waals surface area contributed by atoms with Crippen LogP contribution in [0.3, 0.4) is 0 Å². The molecule has 10 atom stereocenters. The number of nitrogens with zero attached hydrogens (tertiary/aromatic N) is 2. The van der Waals surface area contributed by atoms with Crippen LogP contribution in [0, 0.1) is 46.3 Å². The molecule has 336 valence electrons. The SMILES string of the molecule is CNC(=O)c1cc(Oc2ccc3nc(N[C@H]4CCCC[C@@H]4OC(=O)CCC(=O)N[C@H]4CC[C@@]5(C)C(=CCC6C5CC[C@@]5(C)C6CC[C@@H]5[C@H](C)CCCC(C)C)C4)sc3c2)ccn1.